The minimum Gasteiger partial charge on any atom is -0.285 e. The summed E-state index contributed by atoms with van der Waals surface area (Å²) in [5.41, 5.74) is -0.939. The van der Waals surface area contributed by atoms with Gasteiger partial charge in [0.1, 0.15) is 0 Å². The van der Waals surface area contributed by atoms with Crippen LogP contribution in [-0.2, 0) is 10.1 Å². The van der Waals surface area contributed by atoms with Crippen LogP contribution in [0.2, 0.25) is 0 Å². The second-order valence-electron chi connectivity index (χ2n) is 3.91. The molecule has 1 unspecified atom stereocenters. The lowest BCUT2D eigenvalue weighted by molar-refractivity contribution is 0.309. The molecule has 0 aliphatic carbocycles. The molecule has 92 valence electrons. The van der Waals surface area contributed by atoms with E-state index in [1.165, 1.54) is 0 Å². The van der Waals surface area contributed by atoms with Crippen molar-refractivity contribution in [1.29, 1.82) is 0 Å². The summed E-state index contributed by atoms with van der Waals surface area (Å²) in [6, 6.07) is 0. The van der Waals surface area contributed by atoms with E-state index in [9.17, 15) is 8.42 Å². The fourth-order valence-corrected chi connectivity index (χ4v) is 2.84. The molecule has 0 aromatic rings. The van der Waals surface area contributed by atoms with E-state index >= 15 is 0 Å². The van der Waals surface area contributed by atoms with Crippen LogP contribution in [0.5, 0.6) is 0 Å². The fourth-order valence-electron chi connectivity index (χ4n) is 1.35. The Morgan fingerprint density at radius 1 is 1.33 bits per heavy atom. The van der Waals surface area contributed by atoms with Crippen molar-refractivity contribution in [1.82, 2.24) is 3.94 Å². The van der Waals surface area contributed by atoms with Crippen molar-refractivity contribution in [3.05, 3.63) is 0 Å². The molecule has 0 aromatic carbocycles. The van der Waals surface area contributed by atoms with E-state index < -0.39 is 21.4 Å². The van der Waals surface area contributed by atoms with E-state index in [-0.39, 0.29) is 0 Å². The van der Waals surface area contributed by atoms with Crippen molar-refractivity contribution in [2.24, 2.45) is 0 Å². The first kappa shape index (κ1) is 15.4. The molecule has 0 aliphatic rings. The fraction of sp³-hybridized carbons (Fsp3) is 1.00. The van der Waals surface area contributed by atoms with Gasteiger partial charge in [-0.3, -0.25) is 4.55 Å². The van der Waals surface area contributed by atoms with Gasteiger partial charge in [0.2, 0.25) is 0 Å². The van der Waals surface area contributed by atoms with Crippen LogP contribution in [0.15, 0.2) is 0 Å². The maximum atomic E-state index is 10.8. The van der Waals surface area contributed by atoms with Crippen molar-refractivity contribution < 1.29 is 13.0 Å². The van der Waals surface area contributed by atoms with Crippen molar-refractivity contribution in [2.75, 3.05) is 5.75 Å². The Labute approximate surface area is 102 Å². The van der Waals surface area contributed by atoms with Crippen molar-refractivity contribution in [3.63, 3.8) is 0 Å². The second-order valence-corrected chi connectivity index (χ2v) is 6.21. The van der Waals surface area contributed by atoms with Crippen LogP contribution in [0.4, 0.5) is 0 Å². The van der Waals surface area contributed by atoms with E-state index in [0.717, 1.165) is 23.2 Å². The third-order valence-electron chi connectivity index (χ3n) is 2.22. The number of rotatable bonds is 7. The van der Waals surface area contributed by atoms with Gasteiger partial charge in [-0.25, -0.2) is 0 Å². The maximum absolute atomic E-state index is 10.8. The van der Waals surface area contributed by atoms with Crippen molar-refractivity contribution >= 4 is 33.7 Å². The van der Waals surface area contributed by atoms with Gasteiger partial charge in [-0.1, -0.05) is 26.2 Å². The molecule has 7 heteroatoms. The number of nitrogens with zero attached hydrogens (tertiary/aromatic N) is 1. The van der Waals surface area contributed by atoms with Crippen LogP contribution in [0.3, 0.4) is 0 Å². The molecule has 0 spiro atoms. The standard InChI is InChI=1S/C8H17Cl2NO3S/c1-3-4-5-6-8(2,11(9)10)7-15(12,13)14/h3-7H2,1-2H3,(H,12,13,14). The highest BCUT2D eigenvalue weighted by molar-refractivity contribution is 7.85. The zero-order valence-corrected chi connectivity index (χ0v) is 11.2. The monoisotopic (exact) mass is 277 g/mol. The lowest BCUT2D eigenvalue weighted by Crippen LogP contribution is -2.42. The average molecular weight is 278 g/mol. The van der Waals surface area contributed by atoms with Gasteiger partial charge >= 0.3 is 0 Å². The molecule has 0 bridgehead atoms. The quantitative estimate of drug-likeness (QED) is 0.442. The lowest BCUT2D eigenvalue weighted by Gasteiger charge is -2.30. The first-order chi connectivity index (χ1) is 6.71. The molecule has 0 aromatic heterocycles. The minimum absolute atomic E-state index is 0.462. The van der Waals surface area contributed by atoms with Crippen LogP contribution < -0.4 is 0 Å². The van der Waals surface area contributed by atoms with Crippen molar-refractivity contribution in [3.8, 4) is 0 Å². The molecule has 0 saturated heterocycles. The Hall–Kier alpha value is 0.450. The maximum Gasteiger partial charge on any atom is 0.266 e. The van der Waals surface area contributed by atoms with Gasteiger partial charge < -0.3 is 0 Å². The van der Waals surface area contributed by atoms with Crippen molar-refractivity contribution in [2.45, 2.75) is 45.1 Å². The zero-order chi connectivity index (χ0) is 12.1. The summed E-state index contributed by atoms with van der Waals surface area (Å²) in [5.74, 6) is -0.462. The van der Waals surface area contributed by atoms with E-state index in [1.807, 2.05) is 6.92 Å². The SMILES string of the molecule is CCCCCC(C)(CS(=O)(=O)O)N(Cl)Cl. The molecule has 0 aliphatic heterocycles. The highest BCUT2D eigenvalue weighted by Gasteiger charge is 2.34. The molecule has 0 amide bonds. The van der Waals surface area contributed by atoms with Gasteiger partial charge in [0.25, 0.3) is 10.1 Å². The molecule has 0 rings (SSSR count). The molecular formula is C8H17Cl2NO3S. The Balaban J connectivity index is 4.46. The summed E-state index contributed by atoms with van der Waals surface area (Å²) in [6.45, 7) is 3.65. The normalized spacial score (nSPS) is 16.7. The number of hydrogen-bond acceptors (Lipinski definition) is 3. The van der Waals surface area contributed by atoms with E-state index in [0.29, 0.717) is 6.42 Å². The summed E-state index contributed by atoms with van der Waals surface area (Å²) < 4.78 is 31.2. The second kappa shape index (κ2) is 6.25. The molecule has 0 heterocycles. The number of halogens is 2. The summed E-state index contributed by atoms with van der Waals surface area (Å²) >= 11 is 11.2. The summed E-state index contributed by atoms with van der Waals surface area (Å²) in [6.07, 6.45) is 3.33. The number of unbranched alkanes of at least 4 members (excludes halogenated alkanes) is 2. The third-order valence-corrected chi connectivity index (χ3v) is 4.02. The van der Waals surface area contributed by atoms with Gasteiger partial charge in [-0.05, 0) is 36.9 Å². The third kappa shape index (κ3) is 6.58. The van der Waals surface area contributed by atoms with Gasteiger partial charge in [0, 0.05) is 0 Å². The number of hydrogen-bond donors (Lipinski definition) is 1. The average Bonchev–Trinajstić information content (AvgIpc) is 2.01. The highest BCUT2D eigenvalue weighted by Crippen LogP contribution is 2.28. The minimum atomic E-state index is -4.07. The van der Waals surface area contributed by atoms with Crippen LogP contribution in [0, 0.1) is 0 Å². The Morgan fingerprint density at radius 3 is 2.20 bits per heavy atom. The largest absolute Gasteiger partial charge is 0.285 e. The smallest absolute Gasteiger partial charge is 0.266 e. The molecular weight excluding hydrogens is 261 g/mol. The van der Waals surface area contributed by atoms with Gasteiger partial charge in [0.05, 0.1) is 11.3 Å². The summed E-state index contributed by atoms with van der Waals surface area (Å²) in [7, 11) is -4.07. The lowest BCUT2D eigenvalue weighted by atomic mass is 9.98. The highest BCUT2D eigenvalue weighted by atomic mass is 35.5. The first-order valence-electron chi connectivity index (χ1n) is 4.78. The molecule has 15 heavy (non-hydrogen) atoms. The Morgan fingerprint density at radius 2 is 1.87 bits per heavy atom. The van der Waals surface area contributed by atoms with Crippen LogP contribution in [0.25, 0.3) is 0 Å². The topological polar surface area (TPSA) is 57.6 Å². The molecule has 4 nitrogen and oxygen atoms in total. The Kier molecular flexibility index (Phi) is 6.44. The molecule has 1 N–H and O–H groups in total. The predicted molar refractivity (Wildman–Crippen MR) is 62.5 cm³/mol. The molecule has 0 fully saturated rings. The van der Waals surface area contributed by atoms with Gasteiger partial charge in [-0.2, -0.15) is 8.42 Å². The van der Waals surface area contributed by atoms with E-state index in [1.54, 1.807) is 6.92 Å². The van der Waals surface area contributed by atoms with Crippen LogP contribution in [-0.4, -0.2) is 28.2 Å². The summed E-state index contributed by atoms with van der Waals surface area (Å²) in [4.78, 5) is 0. The van der Waals surface area contributed by atoms with Crippen LogP contribution >= 0.6 is 23.6 Å². The van der Waals surface area contributed by atoms with Gasteiger partial charge in [-0.15, -0.1) is 3.94 Å². The first-order valence-corrected chi connectivity index (χ1v) is 7.07. The summed E-state index contributed by atoms with van der Waals surface area (Å²) in [5, 5.41) is 0. The molecule has 0 saturated carbocycles. The van der Waals surface area contributed by atoms with E-state index in [4.69, 9.17) is 28.1 Å². The predicted octanol–water partition coefficient (Wildman–Crippen LogP) is 2.82. The van der Waals surface area contributed by atoms with E-state index in [2.05, 4.69) is 0 Å². The van der Waals surface area contributed by atoms with Crippen LogP contribution in [0.1, 0.15) is 39.5 Å². The zero-order valence-electron chi connectivity index (χ0n) is 8.91. The molecule has 0 radical (unpaired) electrons. The molecule has 1 atom stereocenters. The van der Waals surface area contributed by atoms with Gasteiger partial charge in [0.15, 0.2) is 0 Å². The Bertz CT molecular complexity index is 282.